The third-order valence-corrected chi connectivity index (χ3v) is 5.00. The topological polar surface area (TPSA) is 62.6 Å². The largest absolute Gasteiger partial charge is 0.335 e. The van der Waals surface area contributed by atoms with E-state index < -0.39 is 0 Å². The quantitative estimate of drug-likeness (QED) is 0.698. The van der Waals surface area contributed by atoms with Crippen molar-refractivity contribution in [2.75, 3.05) is 19.6 Å². The van der Waals surface area contributed by atoms with Crippen LogP contribution in [0.15, 0.2) is 0 Å². The van der Waals surface area contributed by atoms with Gasteiger partial charge in [-0.15, -0.1) is 0 Å². The maximum atomic E-state index is 11.9. The van der Waals surface area contributed by atoms with Crippen molar-refractivity contribution in [2.45, 2.75) is 52.0 Å². The first kappa shape index (κ1) is 15.3. The van der Waals surface area contributed by atoms with Crippen LogP contribution in [0, 0.1) is 11.8 Å². The number of quaternary nitrogens is 1. The fourth-order valence-corrected chi connectivity index (χ4v) is 3.44. The molecular weight excluding hydrogens is 254 g/mol. The summed E-state index contributed by atoms with van der Waals surface area (Å²) < 4.78 is 0. The van der Waals surface area contributed by atoms with E-state index >= 15 is 0 Å². The zero-order valence-electron chi connectivity index (χ0n) is 12.7. The Labute approximate surface area is 121 Å². The standard InChI is InChI=1S/C15H27N3O2/c1-11-6-5-7-13(12(11)2)16-15(20)17-14(19)10-18-8-3-4-9-18/h11-13H,3-10H2,1-2H3,(H2,16,17,19,20)/p+1/t11-,12-,13+/m1/s1. The second-order valence-corrected chi connectivity index (χ2v) is 6.53. The van der Waals surface area contributed by atoms with Gasteiger partial charge in [-0.05, 0) is 18.3 Å². The van der Waals surface area contributed by atoms with E-state index in [9.17, 15) is 9.59 Å². The lowest BCUT2D eigenvalue weighted by Gasteiger charge is -2.34. The van der Waals surface area contributed by atoms with E-state index in [1.165, 1.54) is 24.2 Å². The molecule has 0 spiro atoms. The summed E-state index contributed by atoms with van der Waals surface area (Å²) >= 11 is 0. The predicted molar refractivity (Wildman–Crippen MR) is 77.4 cm³/mol. The molecule has 1 saturated carbocycles. The fraction of sp³-hybridized carbons (Fsp3) is 0.867. The maximum absolute atomic E-state index is 11.9. The summed E-state index contributed by atoms with van der Waals surface area (Å²) in [5, 5.41) is 5.45. The predicted octanol–water partition coefficient (Wildman–Crippen LogP) is 0.316. The Morgan fingerprint density at radius 1 is 1.10 bits per heavy atom. The Morgan fingerprint density at radius 3 is 2.50 bits per heavy atom. The van der Waals surface area contributed by atoms with Crippen LogP contribution in [0.1, 0.15) is 46.0 Å². The average molecular weight is 282 g/mol. The molecule has 20 heavy (non-hydrogen) atoms. The van der Waals surface area contributed by atoms with Crippen LogP contribution in [0.3, 0.4) is 0 Å². The zero-order chi connectivity index (χ0) is 14.5. The van der Waals surface area contributed by atoms with Crippen LogP contribution in [-0.4, -0.2) is 37.6 Å². The van der Waals surface area contributed by atoms with E-state index in [-0.39, 0.29) is 18.0 Å². The van der Waals surface area contributed by atoms with Gasteiger partial charge in [-0.2, -0.15) is 0 Å². The first-order chi connectivity index (χ1) is 9.56. The monoisotopic (exact) mass is 282 g/mol. The van der Waals surface area contributed by atoms with Crippen molar-refractivity contribution in [1.29, 1.82) is 0 Å². The van der Waals surface area contributed by atoms with Gasteiger partial charge in [0.05, 0.1) is 13.1 Å². The van der Waals surface area contributed by atoms with Crippen molar-refractivity contribution in [2.24, 2.45) is 11.8 Å². The minimum Gasteiger partial charge on any atom is -0.335 e. The highest BCUT2D eigenvalue weighted by Crippen LogP contribution is 2.29. The van der Waals surface area contributed by atoms with E-state index in [0.717, 1.165) is 25.9 Å². The Morgan fingerprint density at radius 2 is 1.80 bits per heavy atom. The number of rotatable bonds is 3. The van der Waals surface area contributed by atoms with Crippen molar-refractivity contribution in [1.82, 2.24) is 10.6 Å². The SMILES string of the molecule is C[C@@H]1[C@H](C)CCC[C@@H]1NC(=O)NC(=O)C[NH+]1CCCC1. The van der Waals surface area contributed by atoms with E-state index in [0.29, 0.717) is 18.4 Å². The van der Waals surface area contributed by atoms with Gasteiger partial charge in [-0.1, -0.05) is 26.7 Å². The number of amides is 3. The molecule has 0 radical (unpaired) electrons. The zero-order valence-corrected chi connectivity index (χ0v) is 12.7. The molecule has 0 aromatic rings. The number of carbonyl (C=O) groups is 2. The van der Waals surface area contributed by atoms with Crippen LogP contribution >= 0.6 is 0 Å². The van der Waals surface area contributed by atoms with Gasteiger partial charge in [-0.25, -0.2) is 4.79 Å². The van der Waals surface area contributed by atoms with E-state index in [4.69, 9.17) is 0 Å². The van der Waals surface area contributed by atoms with Gasteiger partial charge in [0.2, 0.25) is 0 Å². The molecule has 0 aromatic carbocycles. The molecule has 114 valence electrons. The van der Waals surface area contributed by atoms with Crippen LogP contribution in [-0.2, 0) is 4.79 Å². The second-order valence-electron chi connectivity index (χ2n) is 6.53. The number of imide groups is 1. The number of urea groups is 1. The van der Waals surface area contributed by atoms with Gasteiger partial charge < -0.3 is 10.2 Å². The minimum atomic E-state index is -0.320. The Kier molecular flexibility index (Phi) is 5.40. The molecule has 3 N–H and O–H groups in total. The summed E-state index contributed by atoms with van der Waals surface area (Å²) in [4.78, 5) is 25.0. The average Bonchev–Trinajstić information content (AvgIpc) is 2.87. The van der Waals surface area contributed by atoms with Crippen LogP contribution < -0.4 is 15.5 Å². The van der Waals surface area contributed by atoms with Crippen molar-refractivity contribution in [3.63, 3.8) is 0 Å². The highest BCUT2D eigenvalue weighted by Gasteiger charge is 2.28. The number of nitrogens with one attached hydrogen (secondary N) is 3. The molecule has 5 heteroatoms. The van der Waals surface area contributed by atoms with Gasteiger partial charge >= 0.3 is 6.03 Å². The molecule has 1 aliphatic heterocycles. The van der Waals surface area contributed by atoms with Crippen molar-refractivity contribution in [3.05, 3.63) is 0 Å². The molecule has 2 aliphatic rings. The van der Waals surface area contributed by atoms with Crippen molar-refractivity contribution in [3.8, 4) is 0 Å². The maximum Gasteiger partial charge on any atom is 0.321 e. The highest BCUT2D eigenvalue weighted by molar-refractivity contribution is 5.94. The second kappa shape index (κ2) is 7.07. The summed E-state index contributed by atoms with van der Waals surface area (Å²) in [6.07, 6.45) is 5.78. The fourth-order valence-electron chi connectivity index (χ4n) is 3.44. The summed E-state index contributed by atoms with van der Waals surface area (Å²) in [5.74, 6) is 0.962. The molecule has 2 fully saturated rings. The summed E-state index contributed by atoms with van der Waals surface area (Å²) in [6, 6.07) is -0.120. The summed E-state index contributed by atoms with van der Waals surface area (Å²) in [5.41, 5.74) is 0. The number of likely N-dealkylation sites (tertiary alicyclic amines) is 1. The smallest absolute Gasteiger partial charge is 0.321 e. The Bertz CT molecular complexity index is 353. The molecule has 0 aromatic heterocycles. The summed E-state index contributed by atoms with van der Waals surface area (Å²) in [6.45, 7) is 6.94. The van der Waals surface area contributed by atoms with Crippen LogP contribution in [0.5, 0.6) is 0 Å². The molecule has 2 rings (SSSR count). The highest BCUT2D eigenvalue weighted by atomic mass is 16.2. The van der Waals surface area contributed by atoms with Crippen molar-refractivity contribution < 1.29 is 14.5 Å². The molecule has 1 saturated heterocycles. The summed E-state index contributed by atoms with van der Waals surface area (Å²) in [7, 11) is 0. The molecule has 3 amide bonds. The third kappa shape index (κ3) is 4.20. The molecule has 3 atom stereocenters. The van der Waals surface area contributed by atoms with Gasteiger partial charge in [0.15, 0.2) is 6.54 Å². The van der Waals surface area contributed by atoms with Crippen LogP contribution in [0.2, 0.25) is 0 Å². The molecule has 0 bridgehead atoms. The Hall–Kier alpha value is -1.10. The molecule has 1 heterocycles. The number of hydrogen-bond acceptors (Lipinski definition) is 2. The first-order valence-electron chi connectivity index (χ1n) is 8.00. The Balaban J connectivity index is 1.72. The lowest BCUT2D eigenvalue weighted by Crippen LogP contribution is -3.11. The van der Waals surface area contributed by atoms with Gasteiger partial charge in [0, 0.05) is 18.9 Å². The van der Waals surface area contributed by atoms with Gasteiger partial charge in [-0.3, -0.25) is 10.1 Å². The lowest BCUT2D eigenvalue weighted by molar-refractivity contribution is -0.879. The van der Waals surface area contributed by atoms with Crippen LogP contribution in [0.25, 0.3) is 0 Å². The van der Waals surface area contributed by atoms with E-state index in [1.807, 2.05) is 0 Å². The van der Waals surface area contributed by atoms with Gasteiger partial charge in [0.25, 0.3) is 5.91 Å². The molecule has 5 nitrogen and oxygen atoms in total. The lowest BCUT2D eigenvalue weighted by atomic mass is 9.78. The van der Waals surface area contributed by atoms with Crippen molar-refractivity contribution >= 4 is 11.9 Å². The van der Waals surface area contributed by atoms with E-state index in [1.54, 1.807) is 0 Å². The normalized spacial score (nSPS) is 31.0. The number of hydrogen-bond donors (Lipinski definition) is 3. The van der Waals surface area contributed by atoms with E-state index in [2.05, 4.69) is 24.5 Å². The van der Waals surface area contributed by atoms with Crippen LogP contribution in [0.4, 0.5) is 4.79 Å². The molecule has 1 aliphatic carbocycles. The third-order valence-electron chi connectivity index (χ3n) is 5.00. The minimum absolute atomic E-state index is 0.157. The number of carbonyl (C=O) groups excluding carboxylic acids is 2. The van der Waals surface area contributed by atoms with Gasteiger partial charge in [0.1, 0.15) is 0 Å². The molecular formula is C15H28N3O2+. The molecule has 0 unspecified atom stereocenters. The first-order valence-corrected chi connectivity index (χ1v) is 8.00.